The van der Waals surface area contributed by atoms with Crippen molar-refractivity contribution < 1.29 is 13.2 Å². The number of rotatable bonds is 2. The molecule has 0 radical (unpaired) electrons. The van der Waals surface area contributed by atoms with Gasteiger partial charge in [-0.05, 0) is 44.1 Å². The van der Waals surface area contributed by atoms with Crippen molar-refractivity contribution in [1.29, 1.82) is 0 Å². The lowest BCUT2D eigenvalue weighted by Gasteiger charge is -2.33. The second-order valence-corrected chi connectivity index (χ2v) is 5.59. The number of hydrogen-bond donors (Lipinski definition) is 1. The molecule has 4 heteroatoms. The summed E-state index contributed by atoms with van der Waals surface area (Å²) in [5.41, 5.74) is 8.39. The zero-order valence-electron chi connectivity index (χ0n) is 11.1. The Morgan fingerprint density at radius 2 is 1.79 bits per heavy atom. The molecule has 1 atom stereocenters. The molecule has 2 N–H and O–H groups in total. The van der Waals surface area contributed by atoms with Crippen molar-refractivity contribution in [1.82, 2.24) is 0 Å². The molecule has 19 heavy (non-hydrogen) atoms. The molecule has 106 valence electrons. The molecule has 1 aliphatic rings. The van der Waals surface area contributed by atoms with Gasteiger partial charge in [0.2, 0.25) is 0 Å². The summed E-state index contributed by atoms with van der Waals surface area (Å²) >= 11 is 0. The van der Waals surface area contributed by atoms with Crippen molar-refractivity contribution >= 4 is 0 Å². The Morgan fingerprint density at radius 3 is 2.32 bits per heavy atom. The van der Waals surface area contributed by atoms with Crippen LogP contribution in [0.1, 0.15) is 42.9 Å². The highest BCUT2D eigenvalue weighted by Gasteiger charge is 2.42. The lowest BCUT2D eigenvalue weighted by Crippen LogP contribution is -2.31. The van der Waals surface area contributed by atoms with Gasteiger partial charge in [-0.1, -0.05) is 29.8 Å². The van der Waals surface area contributed by atoms with E-state index >= 15 is 0 Å². The van der Waals surface area contributed by atoms with Crippen molar-refractivity contribution in [3.63, 3.8) is 0 Å². The number of aryl methyl sites for hydroxylation is 1. The lowest BCUT2D eigenvalue weighted by molar-refractivity contribution is -0.184. The number of nitrogens with two attached hydrogens (primary N) is 1. The maximum absolute atomic E-state index is 12.6. The third kappa shape index (κ3) is 3.50. The van der Waals surface area contributed by atoms with Gasteiger partial charge in [-0.3, -0.25) is 0 Å². The molecular formula is C15H20F3N. The van der Waals surface area contributed by atoms with Gasteiger partial charge in [0.25, 0.3) is 0 Å². The summed E-state index contributed by atoms with van der Waals surface area (Å²) in [7, 11) is 0. The minimum absolute atomic E-state index is 0.144. The van der Waals surface area contributed by atoms with Gasteiger partial charge < -0.3 is 5.73 Å². The first kappa shape index (κ1) is 14.4. The van der Waals surface area contributed by atoms with Crippen LogP contribution in [0.4, 0.5) is 13.2 Å². The van der Waals surface area contributed by atoms with Gasteiger partial charge >= 0.3 is 6.18 Å². The maximum Gasteiger partial charge on any atom is 0.391 e. The first-order valence-corrected chi connectivity index (χ1v) is 6.77. The molecule has 0 spiro atoms. The van der Waals surface area contributed by atoms with E-state index < -0.39 is 12.1 Å². The maximum atomic E-state index is 12.6. The Morgan fingerprint density at radius 1 is 1.16 bits per heavy atom. The first-order chi connectivity index (χ1) is 8.88. The Kier molecular flexibility index (Phi) is 4.19. The minimum Gasteiger partial charge on any atom is -0.324 e. The average Bonchev–Trinajstić information content (AvgIpc) is 2.37. The van der Waals surface area contributed by atoms with Crippen LogP contribution in [0.3, 0.4) is 0 Å². The van der Waals surface area contributed by atoms with Crippen molar-refractivity contribution in [2.75, 3.05) is 0 Å². The van der Waals surface area contributed by atoms with Crippen LogP contribution >= 0.6 is 0 Å². The van der Waals surface area contributed by atoms with E-state index in [9.17, 15) is 13.2 Å². The first-order valence-electron chi connectivity index (χ1n) is 6.77. The molecule has 1 saturated carbocycles. The van der Waals surface area contributed by atoms with Gasteiger partial charge in [0.15, 0.2) is 0 Å². The molecule has 0 amide bonds. The second kappa shape index (κ2) is 5.53. The number of halogens is 3. The van der Waals surface area contributed by atoms with E-state index in [0.717, 1.165) is 11.1 Å². The molecule has 1 aromatic rings. The molecular weight excluding hydrogens is 251 g/mol. The largest absolute Gasteiger partial charge is 0.391 e. The van der Waals surface area contributed by atoms with Gasteiger partial charge in [0.1, 0.15) is 0 Å². The van der Waals surface area contributed by atoms with Gasteiger partial charge in [-0.15, -0.1) is 0 Å². The van der Waals surface area contributed by atoms with E-state index in [1.165, 1.54) is 0 Å². The van der Waals surface area contributed by atoms with Crippen molar-refractivity contribution in [3.05, 3.63) is 35.4 Å². The molecule has 1 nitrogen and oxygen atoms in total. The Balaban J connectivity index is 1.98. The van der Waals surface area contributed by atoms with Crippen LogP contribution in [-0.2, 0) is 0 Å². The van der Waals surface area contributed by atoms with Gasteiger partial charge in [-0.25, -0.2) is 0 Å². The van der Waals surface area contributed by atoms with Crippen molar-refractivity contribution in [2.24, 2.45) is 17.6 Å². The average molecular weight is 271 g/mol. The minimum atomic E-state index is -4.04. The summed E-state index contributed by atoms with van der Waals surface area (Å²) < 4.78 is 37.8. The van der Waals surface area contributed by atoms with Gasteiger partial charge in [0, 0.05) is 6.04 Å². The van der Waals surface area contributed by atoms with Crippen LogP contribution in [0.5, 0.6) is 0 Å². The molecule has 2 rings (SSSR count). The van der Waals surface area contributed by atoms with Crippen LogP contribution in [-0.4, -0.2) is 6.18 Å². The zero-order chi connectivity index (χ0) is 14.0. The van der Waals surface area contributed by atoms with Crippen LogP contribution in [0, 0.1) is 18.8 Å². The highest BCUT2D eigenvalue weighted by Crippen LogP contribution is 2.42. The van der Waals surface area contributed by atoms with E-state index in [-0.39, 0.29) is 24.8 Å². The van der Waals surface area contributed by atoms with E-state index in [2.05, 4.69) is 0 Å². The summed E-state index contributed by atoms with van der Waals surface area (Å²) in [5, 5.41) is 0. The highest BCUT2D eigenvalue weighted by molar-refractivity contribution is 5.25. The number of alkyl halides is 3. The van der Waals surface area contributed by atoms with Crippen molar-refractivity contribution in [2.45, 2.75) is 44.8 Å². The summed E-state index contributed by atoms with van der Waals surface area (Å²) in [6, 6.07) is 7.80. The smallest absolute Gasteiger partial charge is 0.324 e. The topological polar surface area (TPSA) is 26.0 Å². The van der Waals surface area contributed by atoms with Crippen LogP contribution in [0.15, 0.2) is 24.3 Å². The molecule has 1 aromatic carbocycles. The molecule has 0 saturated heterocycles. The predicted molar refractivity (Wildman–Crippen MR) is 69.6 cm³/mol. The molecule has 1 fully saturated rings. The molecule has 0 heterocycles. The van der Waals surface area contributed by atoms with E-state index in [1.807, 2.05) is 31.2 Å². The second-order valence-electron chi connectivity index (χ2n) is 5.59. The van der Waals surface area contributed by atoms with Crippen LogP contribution < -0.4 is 5.73 Å². The third-order valence-electron chi connectivity index (χ3n) is 4.17. The predicted octanol–water partition coefficient (Wildman–Crippen LogP) is 4.36. The number of hydrogen-bond acceptors (Lipinski definition) is 1. The van der Waals surface area contributed by atoms with Crippen LogP contribution in [0.2, 0.25) is 0 Å². The molecule has 1 unspecified atom stereocenters. The van der Waals surface area contributed by atoms with E-state index in [4.69, 9.17) is 5.73 Å². The van der Waals surface area contributed by atoms with Crippen molar-refractivity contribution in [3.8, 4) is 0 Å². The SMILES string of the molecule is Cc1cccc(C(N)C2CCC(C(F)(F)F)CC2)c1. The van der Waals surface area contributed by atoms with Gasteiger partial charge in [0.05, 0.1) is 5.92 Å². The number of benzene rings is 1. The quantitative estimate of drug-likeness (QED) is 0.849. The Hall–Kier alpha value is -1.03. The van der Waals surface area contributed by atoms with E-state index in [1.54, 1.807) is 0 Å². The third-order valence-corrected chi connectivity index (χ3v) is 4.17. The fourth-order valence-corrected chi connectivity index (χ4v) is 2.96. The highest BCUT2D eigenvalue weighted by atomic mass is 19.4. The van der Waals surface area contributed by atoms with Crippen LogP contribution in [0.25, 0.3) is 0 Å². The zero-order valence-corrected chi connectivity index (χ0v) is 11.1. The molecule has 0 aromatic heterocycles. The normalized spacial score (nSPS) is 26.2. The molecule has 0 aliphatic heterocycles. The summed E-state index contributed by atoms with van der Waals surface area (Å²) in [6.07, 6.45) is -2.47. The fraction of sp³-hybridized carbons (Fsp3) is 0.600. The summed E-state index contributed by atoms with van der Waals surface area (Å²) in [5.74, 6) is -0.964. The molecule has 0 bridgehead atoms. The summed E-state index contributed by atoms with van der Waals surface area (Å²) in [6.45, 7) is 2.00. The Labute approximate surface area is 112 Å². The fourth-order valence-electron chi connectivity index (χ4n) is 2.96. The molecule has 1 aliphatic carbocycles. The Bertz CT molecular complexity index is 420. The van der Waals surface area contributed by atoms with E-state index in [0.29, 0.717) is 12.8 Å². The monoisotopic (exact) mass is 271 g/mol. The standard InChI is InChI=1S/C15H20F3N/c1-10-3-2-4-12(9-10)14(19)11-5-7-13(8-6-11)15(16,17)18/h2-4,9,11,13-14H,5-8,19H2,1H3. The lowest BCUT2D eigenvalue weighted by atomic mass is 9.76. The summed E-state index contributed by atoms with van der Waals surface area (Å²) in [4.78, 5) is 0. The van der Waals surface area contributed by atoms with Gasteiger partial charge in [-0.2, -0.15) is 13.2 Å².